The molecule has 23 heavy (non-hydrogen) atoms. The van der Waals surface area contributed by atoms with Crippen molar-refractivity contribution in [2.24, 2.45) is 5.92 Å². The summed E-state index contributed by atoms with van der Waals surface area (Å²) in [4.78, 5) is 14.8. The predicted molar refractivity (Wildman–Crippen MR) is 91.6 cm³/mol. The second-order valence-electron chi connectivity index (χ2n) is 6.10. The molecule has 6 heteroatoms. The van der Waals surface area contributed by atoms with Crippen molar-refractivity contribution >= 4 is 28.8 Å². The number of carbonyl (C=O) groups is 1. The van der Waals surface area contributed by atoms with Crippen molar-refractivity contribution in [3.63, 3.8) is 0 Å². The van der Waals surface area contributed by atoms with Crippen LogP contribution in [0.15, 0.2) is 35.7 Å². The van der Waals surface area contributed by atoms with Gasteiger partial charge in [0.05, 0.1) is 5.02 Å². The molecule has 1 N–H and O–H groups in total. The Kier molecular flexibility index (Phi) is 4.01. The van der Waals surface area contributed by atoms with Crippen LogP contribution in [0.4, 0.5) is 0 Å². The van der Waals surface area contributed by atoms with Crippen molar-refractivity contribution in [3.8, 4) is 10.8 Å². The number of ether oxygens (including phenoxy) is 1. The van der Waals surface area contributed by atoms with Crippen LogP contribution in [0.1, 0.15) is 16.8 Å². The Bertz CT molecular complexity index is 716. The third kappa shape index (κ3) is 3.22. The number of nitrogens with zero attached hydrogens (tertiary/aromatic N) is 1. The highest BCUT2D eigenvalue weighted by Gasteiger charge is 2.38. The summed E-state index contributed by atoms with van der Waals surface area (Å²) in [5, 5.41) is 6.39. The molecule has 2 fully saturated rings. The molecule has 1 aromatic carbocycles. The van der Waals surface area contributed by atoms with Crippen LogP contribution in [0.25, 0.3) is 0 Å². The van der Waals surface area contributed by atoms with Gasteiger partial charge in [-0.05, 0) is 43.1 Å². The topological polar surface area (TPSA) is 41.6 Å². The van der Waals surface area contributed by atoms with Crippen molar-refractivity contribution in [2.75, 3.05) is 19.6 Å². The smallest absolute Gasteiger partial charge is 0.251 e. The average Bonchev–Trinajstić information content (AvgIpc) is 3.25. The van der Waals surface area contributed by atoms with Gasteiger partial charge in [-0.1, -0.05) is 11.6 Å². The minimum absolute atomic E-state index is 0.00512. The number of hydrogen-bond acceptors (Lipinski definition) is 4. The van der Waals surface area contributed by atoms with Gasteiger partial charge < -0.3 is 15.0 Å². The molecule has 1 aromatic heterocycles. The molecule has 1 amide bonds. The van der Waals surface area contributed by atoms with Crippen LogP contribution in [-0.2, 0) is 0 Å². The third-order valence-corrected chi connectivity index (χ3v) is 5.68. The number of nitrogens with one attached hydrogen (secondary N) is 1. The minimum Gasteiger partial charge on any atom is -0.447 e. The van der Waals surface area contributed by atoms with E-state index >= 15 is 0 Å². The van der Waals surface area contributed by atoms with Gasteiger partial charge in [0, 0.05) is 36.1 Å². The predicted octanol–water partition coefficient (Wildman–Crippen LogP) is 3.63. The Hall–Kier alpha value is -1.56. The third-order valence-electron chi connectivity index (χ3n) is 4.53. The molecule has 2 bridgehead atoms. The molecule has 4 nitrogen and oxygen atoms in total. The van der Waals surface area contributed by atoms with E-state index in [9.17, 15) is 4.79 Å². The number of thiophene rings is 1. The summed E-state index contributed by atoms with van der Waals surface area (Å²) in [5.74, 6) is 1.31. The highest BCUT2D eigenvalue weighted by Crippen LogP contribution is 2.31. The van der Waals surface area contributed by atoms with Crippen LogP contribution in [0, 0.1) is 5.92 Å². The van der Waals surface area contributed by atoms with E-state index in [0.717, 1.165) is 18.2 Å². The van der Waals surface area contributed by atoms with Crippen LogP contribution < -0.4 is 10.1 Å². The molecule has 4 rings (SSSR count). The molecular weight excluding hydrogens is 332 g/mol. The number of carbonyl (C=O) groups excluding carboxylic acids is 1. The fourth-order valence-electron chi connectivity index (χ4n) is 3.34. The lowest BCUT2D eigenvalue weighted by atomic mass is 9.99. The van der Waals surface area contributed by atoms with Gasteiger partial charge in [-0.25, -0.2) is 0 Å². The summed E-state index contributed by atoms with van der Waals surface area (Å²) >= 11 is 7.32. The maximum absolute atomic E-state index is 12.4. The van der Waals surface area contributed by atoms with E-state index in [1.165, 1.54) is 24.3 Å². The van der Waals surface area contributed by atoms with E-state index in [2.05, 4.69) is 10.2 Å². The molecule has 2 aliphatic heterocycles. The fourth-order valence-corrected chi connectivity index (χ4v) is 4.27. The lowest BCUT2D eigenvalue weighted by molar-refractivity contribution is 0.0924. The molecule has 3 atom stereocenters. The molecule has 2 unspecified atom stereocenters. The minimum atomic E-state index is -0.00512. The van der Waals surface area contributed by atoms with E-state index in [4.69, 9.17) is 16.3 Å². The fraction of sp³-hybridized carbons (Fsp3) is 0.353. The van der Waals surface area contributed by atoms with E-state index < -0.39 is 0 Å². The van der Waals surface area contributed by atoms with Crippen LogP contribution in [0.2, 0.25) is 5.02 Å². The lowest BCUT2D eigenvalue weighted by Gasteiger charge is -2.23. The van der Waals surface area contributed by atoms with Gasteiger partial charge in [0.15, 0.2) is 5.06 Å². The van der Waals surface area contributed by atoms with Crippen molar-refractivity contribution in [1.82, 2.24) is 10.2 Å². The van der Waals surface area contributed by atoms with E-state index in [1.54, 1.807) is 18.2 Å². The summed E-state index contributed by atoms with van der Waals surface area (Å²) in [7, 11) is 0. The molecule has 2 aromatic rings. The van der Waals surface area contributed by atoms with Crippen LogP contribution in [0.5, 0.6) is 10.8 Å². The summed E-state index contributed by atoms with van der Waals surface area (Å²) in [5.41, 5.74) is 0.666. The molecule has 0 saturated carbocycles. The van der Waals surface area contributed by atoms with E-state index in [-0.39, 0.29) is 5.91 Å². The Labute approximate surface area is 144 Å². The first-order valence-corrected chi connectivity index (χ1v) is 8.98. The van der Waals surface area contributed by atoms with Gasteiger partial charge >= 0.3 is 0 Å². The van der Waals surface area contributed by atoms with Gasteiger partial charge in [0.1, 0.15) is 5.75 Å². The average molecular weight is 349 g/mol. The number of benzene rings is 1. The first-order valence-electron chi connectivity index (χ1n) is 7.72. The maximum atomic E-state index is 12.4. The number of amides is 1. The van der Waals surface area contributed by atoms with Crippen molar-refractivity contribution in [1.29, 1.82) is 0 Å². The number of fused-ring (bicyclic) bond motifs is 2. The maximum Gasteiger partial charge on any atom is 0.251 e. The van der Waals surface area contributed by atoms with Crippen LogP contribution >= 0.6 is 22.9 Å². The molecular formula is C17H17ClN2O2S. The van der Waals surface area contributed by atoms with Crippen molar-refractivity contribution < 1.29 is 9.53 Å². The Morgan fingerprint density at radius 3 is 2.74 bits per heavy atom. The molecule has 3 heterocycles. The summed E-state index contributed by atoms with van der Waals surface area (Å²) in [6, 6.07) is 9.29. The zero-order valence-electron chi connectivity index (χ0n) is 12.5. The quantitative estimate of drug-likeness (QED) is 0.917. The molecule has 2 aliphatic rings. The zero-order valence-corrected chi connectivity index (χ0v) is 14.1. The van der Waals surface area contributed by atoms with Gasteiger partial charge in [0.25, 0.3) is 5.91 Å². The molecule has 0 spiro atoms. The first kappa shape index (κ1) is 15.0. The van der Waals surface area contributed by atoms with Crippen LogP contribution in [0.3, 0.4) is 0 Å². The standard InChI is InChI=1S/C17H17ClN2O2S/c18-13-7-16(23-10-13)22-14-3-1-11(2-4-14)17(21)19-15-9-20-6-5-12(15)8-20/h1-4,7,10,12,15H,5-6,8-9H2,(H,19,21)/t12-,15?/m0/s1. The monoisotopic (exact) mass is 348 g/mol. The normalized spacial score (nSPS) is 25.5. The van der Waals surface area contributed by atoms with Crippen molar-refractivity contribution in [3.05, 3.63) is 46.3 Å². The summed E-state index contributed by atoms with van der Waals surface area (Å²) in [6.07, 6.45) is 1.20. The lowest BCUT2D eigenvalue weighted by Crippen LogP contribution is -2.43. The Balaban J connectivity index is 1.38. The Morgan fingerprint density at radius 1 is 1.30 bits per heavy atom. The zero-order chi connectivity index (χ0) is 15.8. The van der Waals surface area contributed by atoms with Gasteiger partial charge in [-0.2, -0.15) is 0 Å². The second-order valence-corrected chi connectivity index (χ2v) is 7.41. The van der Waals surface area contributed by atoms with Gasteiger partial charge in [-0.15, -0.1) is 11.3 Å². The molecule has 0 radical (unpaired) electrons. The largest absolute Gasteiger partial charge is 0.447 e. The second kappa shape index (κ2) is 6.15. The number of hydrogen-bond donors (Lipinski definition) is 1. The van der Waals surface area contributed by atoms with Gasteiger partial charge in [-0.3, -0.25) is 4.79 Å². The number of halogens is 1. The van der Waals surface area contributed by atoms with Crippen molar-refractivity contribution in [2.45, 2.75) is 12.5 Å². The molecule has 120 valence electrons. The SMILES string of the molecule is O=C(NC1CN2CC[C@H]1C2)c1ccc(Oc2cc(Cl)cs2)cc1. The molecule has 0 aliphatic carbocycles. The highest BCUT2D eigenvalue weighted by molar-refractivity contribution is 7.12. The number of piperidine rings is 1. The number of rotatable bonds is 4. The van der Waals surface area contributed by atoms with Crippen LogP contribution in [-0.4, -0.2) is 36.5 Å². The van der Waals surface area contributed by atoms with Gasteiger partial charge in [0.2, 0.25) is 0 Å². The summed E-state index contributed by atoms with van der Waals surface area (Å²) in [6.45, 7) is 3.29. The summed E-state index contributed by atoms with van der Waals surface area (Å²) < 4.78 is 5.70. The van der Waals surface area contributed by atoms with E-state index in [0.29, 0.717) is 28.3 Å². The molecule has 2 saturated heterocycles. The Morgan fingerprint density at radius 2 is 2.13 bits per heavy atom. The van der Waals surface area contributed by atoms with E-state index in [1.807, 2.05) is 17.5 Å². The first-order chi connectivity index (χ1) is 11.2. The highest BCUT2D eigenvalue weighted by atomic mass is 35.5.